The molecule has 0 saturated carbocycles. The zero-order chi connectivity index (χ0) is 26.5. The van der Waals surface area contributed by atoms with Gasteiger partial charge in [0.05, 0.1) is 25.3 Å². The second-order valence-corrected chi connectivity index (χ2v) is 10.6. The molecule has 7 heteroatoms. The molecule has 2 atom stereocenters. The van der Waals surface area contributed by atoms with Gasteiger partial charge in [-0.15, -0.1) is 0 Å². The van der Waals surface area contributed by atoms with E-state index in [0.29, 0.717) is 36.2 Å². The number of halogens is 1. The van der Waals surface area contributed by atoms with Crippen molar-refractivity contribution in [3.8, 4) is 17.4 Å². The van der Waals surface area contributed by atoms with Crippen LogP contribution < -0.4 is 19.1 Å². The van der Waals surface area contributed by atoms with Gasteiger partial charge in [0.15, 0.2) is 0 Å². The molecular formula is C31H38ClN3O3. The number of aromatic nitrogens is 1. The van der Waals surface area contributed by atoms with Crippen molar-refractivity contribution in [1.29, 1.82) is 0 Å². The van der Waals surface area contributed by atoms with E-state index in [4.69, 9.17) is 25.8 Å². The normalized spacial score (nSPS) is 19.6. The minimum Gasteiger partial charge on any atom is -0.495 e. The first-order chi connectivity index (χ1) is 18.5. The number of hydrogen-bond acceptors (Lipinski definition) is 6. The number of pyridine rings is 1. The summed E-state index contributed by atoms with van der Waals surface area (Å²) in [6.07, 6.45) is 6.24. The number of ether oxygens (including phenoxy) is 3. The molecule has 0 spiro atoms. The van der Waals surface area contributed by atoms with Crippen molar-refractivity contribution in [2.75, 3.05) is 44.9 Å². The second-order valence-electron chi connectivity index (χ2n) is 10.2. The first-order valence-electron chi connectivity index (χ1n) is 13.7. The van der Waals surface area contributed by atoms with Crippen molar-refractivity contribution in [1.82, 2.24) is 9.88 Å². The van der Waals surface area contributed by atoms with E-state index in [0.717, 1.165) is 37.6 Å². The minimum atomic E-state index is 0.454. The van der Waals surface area contributed by atoms with Gasteiger partial charge < -0.3 is 19.1 Å². The summed E-state index contributed by atoms with van der Waals surface area (Å²) >= 11 is 6.27. The van der Waals surface area contributed by atoms with Gasteiger partial charge in [-0.3, -0.25) is 4.90 Å². The highest BCUT2D eigenvalue weighted by Crippen LogP contribution is 2.40. The molecule has 1 unspecified atom stereocenters. The van der Waals surface area contributed by atoms with Crippen molar-refractivity contribution in [2.24, 2.45) is 0 Å². The topological polar surface area (TPSA) is 47.1 Å². The first kappa shape index (κ1) is 26.6. The third-order valence-electron chi connectivity index (χ3n) is 8.02. The van der Waals surface area contributed by atoms with Gasteiger partial charge in [0, 0.05) is 62.2 Å². The highest BCUT2D eigenvalue weighted by atomic mass is 35.5. The molecule has 1 aromatic heterocycles. The quantitative estimate of drug-likeness (QED) is 0.287. The molecule has 2 saturated heterocycles. The maximum atomic E-state index is 6.27. The summed E-state index contributed by atoms with van der Waals surface area (Å²) in [5.74, 6) is 2.36. The van der Waals surface area contributed by atoms with Crippen LogP contribution in [0.25, 0.3) is 0 Å². The first-order valence-corrected chi connectivity index (χ1v) is 14.0. The molecule has 3 heterocycles. The Hall–Kier alpha value is -2.96. The van der Waals surface area contributed by atoms with Crippen molar-refractivity contribution < 1.29 is 14.2 Å². The molecule has 0 aliphatic carbocycles. The van der Waals surface area contributed by atoms with E-state index < -0.39 is 0 Å². The fourth-order valence-corrected chi connectivity index (χ4v) is 6.04. The number of nitrogens with zero attached hydrogens (tertiary/aromatic N) is 3. The van der Waals surface area contributed by atoms with Crippen molar-refractivity contribution in [2.45, 2.75) is 51.6 Å². The number of piperazine rings is 1. The third kappa shape index (κ3) is 5.87. The average molecular weight is 536 g/mol. The van der Waals surface area contributed by atoms with Crippen molar-refractivity contribution in [3.05, 3.63) is 76.4 Å². The van der Waals surface area contributed by atoms with Crippen molar-refractivity contribution in [3.63, 3.8) is 0 Å². The molecule has 2 fully saturated rings. The Morgan fingerprint density at radius 1 is 0.947 bits per heavy atom. The summed E-state index contributed by atoms with van der Waals surface area (Å²) in [7, 11) is 1.67. The second kappa shape index (κ2) is 12.3. The van der Waals surface area contributed by atoms with E-state index >= 15 is 0 Å². The maximum Gasteiger partial charge on any atom is 0.213 e. The third-order valence-corrected chi connectivity index (χ3v) is 8.33. The number of benzene rings is 2. The Labute approximate surface area is 231 Å². The molecular weight excluding hydrogens is 498 g/mol. The van der Waals surface area contributed by atoms with Crippen LogP contribution in [0.3, 0.4) is 0 Å². The maximum absolute atomic E-state index is 6.27. The Kier molecular flexibility index (Phi) is 8.60. The lowest BCUT2D eigenvalue weighted by Gasteiger charge is -2.49. The van der Waals surface area contributed by atoms with Gasteiger partial charge in [-0.2, -0.15) is 0 Å². The Morgan fingerprint density at radius 2 is 1.82 bits per heavy atom. The summed E-state index contributed by atoms with van der Waals surface area (Å²) < 4.78 is 17.3. The van der Waals surface area contributed by atoms with E-state index in [1.807, 2.05) is 24.3 Å². The Balaban J connectivity index is 1.20. The van der Waals surface area contributed by atoms with Crippen LogP contribution in [0.2, 0.25) is 5.02 Å². The zero-order valence-electron chi connectivity index (χ0n) is 22.7. The fraction of sp³-hybridized carbons (Fsp3) is 0.452. The number of anilines is 1. The van der Waals surface area contributed by atoms with Crippen molar-refractivity contribution >= 4 is 17.3 Å². The molecule has 0 bridgehead atoms. The minimum absolute atomic E-state index is 0.454. The molecule has 5 rings (SSSR count). The standard InChI is InChI=1S/C31H38ClN3O3/c1-22-23(2)29(37-18-7-19-38-31-10-4-5-15-33-31)14-12-26(22)28-9-6-8-25-21-34(16-17-35(25)28)24-11-13-27(32)30(20-24)36-3/h4-5,10-15,20,25,28H,6-9,16-19,21H2,1-3H3/t25?,28-/m1/s1. The SMILES string of the molecule is COc1cc(N2CCN3C(CCC[C@@H]3c3ccc(OCCCOc4ccccn4)c(C)c3C)C2)ccc1Cl. The Bertz CT molecular complexity index is 1220. The van der Waals surface area contributed by atoms with E-state index in [1.54, 1.807) is 13.3 Å². The summed E-state index contributed by atoms with van der Waals surface area (Å²) in [5, 5.41) is 0.656. The summed E-state index contributed by atoms with van der Waals surface area (Å²) in [6.45, 7) is 8.72. The van der Waals surface area contributed by atoms with Gasteiger partial charge in [0.1, 0.15) is 11.5 Å². The smallest absolute Gasteiger partial charge is 0.213 e. The molecule has 2 aliphatic rings. The largest absolute Gasteiger partial charge is 0.495 e. The van der Waals surface area contributed by atoms with Gasteiger partial charge in [-0.1, -0.05) is 23.7 Å². The van der Waals surface area contributed by atoms with Crippen LogP contribution in [0, 0.1) is 13.8 Å². The number of rotatable bonds is 9. The predicted molar refractivity (Wildman–Crippen MR) is 153 cm³/mol. The monoisotopic (exact) mass is 535 g/mol. The molecule has 38 heavy (non-hydrogen) atoms. The Morgan fingerprint density at radius 3 is 2.63 bits per heavy atom. The van der Waals surface area contributed by atoms with Crippen LogP contribution in [-0.4, -0.2) is 55.9 Å². The molecule has 3 aromatic rings. The van der Waals surface area contributed by atoms with Crippen LogP contribution >= 0.6 is 11.6 Å². The summed E-state index contributed by atoms with van der Waals surface area (Å²) in [5.41, 5.74) is 5.22. The molecule has 0 radical (unpaired) electrons. The number of fused-ring (bicyclic) bond motifs is 1. The van der Waals surface area contributed by atoms with Gasteiger partial charge in [0.2, 0.25) is 5.88 Å². The molecule has 6 nitrogen and oxygen atoms in total. The van der Waals surface area contributed by atoms with Crippen LogP contribution in [0.5, 0.6) is 17.4 Å². The van der Waals surface area contributed by atoms with E-state index in [1.165, 1.54) is 41.6 Å². The predicted octanol–water partition coefficient (Wildman–Crippen LogP) is 6.62. The number of hydrogen-bond donors (Lipinski definition) is 0. The van der Waals surface area contributed by atoms with Gasteiger partial charge in [-0.05, 0) is 74.1 Å². The summed E-state index contributed by atoms with van der Waals surface area (Å²) in [4.78, 5) is 9.41. The highest BCUT2D eigenvalue weighted by Gasteiger charge is 2.36. The molecule has 202 valence electrons. The van der Waals surface area contributed by atoms with Crippen LogP contribution in [0.4, 0.5) is 5.69 Å². The fourth-order valence-electron chi connectivity index (χ4n) is 5.85. The van der Waals surface area contributed by atoms with Gasteiger partial charge in [-0.25, -0.2) is 4.98 Å². The molecule has 2 aliphatic heterocycles. The highest BCUT2D eigenvalue weighted by molar-refractivity contribution is 6.32. The van der Waals surface area contributed by atoms with Crippen LogP contribution in [0.1, 0.15) is 48.4 Å². The molecule has 0 amide bonds. The molecule has 2 aromatic carbocycles. The zero-order valence-corrected chi connectivity index (χ0v) is 23.4. The van der Waals surface area contributed by atoms with Crippen LogP contribution in [0.15, 0.2) is 54.7 Å². The number of methoxy groups -OCH3 is 1. The van der Waals surface area contributed by atoms with E-state index in [9.17, 15) is 0 Å². The van der Waals surface area contributed by atoms with Crippen LogP contribution in [-0.2, 0) is 0 Å². The van der Waals surface area contributed by atoms with Gasteiger partial charge in [0.25, 0.3) is 0 Å². The summed E-state index contributed by atoms with van der Waals surface area (Å²) in [6, 6.07) is 17.3. The lowest BCUT2D eigenvalue weighted by Crippen LogP contribution is -2.56. The lowest BCUT2D eigenvalue weighted by atomic mass is 9.86. The molecule has 0 N–H and O–H groups in total. The average Bonchev–Trinajstić information content (AvgIpc) is 2.95. The lowest BCUT2D eigenvalue weighted by molar-refractivity contribution is 0.0712. The van der Waals surface area contributed by atoms with E-state index in [-0.39, 0.29) is 0 Å². The number of piperidine rings is 1. The van der Waals surface area contributed by atoms with Gasteiger partial charge >= 0.3 is 0 Å². The van der Waals surface area contributed by atoms with E-state index in [2.05, 4.69) is 52.9 Å².